The molecule has 0 aromatic carbocycles. The van der Waals surface area contributed by atoms with Gasteiger partial charge in [0.15, 0.2) is 11.5 Å². The Bertz CT molecular complexity index is 205. The average Bonchev–Trinajstić information content (AvgIpc) is 2.13. The second-order valence-corrected chi connectivity index (χ2v) is 1.56. The molecule has 0 saturated carbocycles. The first-order valence-corrected chi connectivity index (χ1v) is 2.36. The third kappa shape index (κ3) is 0.883. The highest BCUT2D eigenvalue weighted by atomic mass is 16.1. The van der Waals surface area contributed by atoms with Gasteiger partial charge in [-0.2, -0.15) is 0 Å². The Hall–Kier alpha value is -1.39. The summed E-state index contributed by atoms with van der Waals surface area (Å²) >= 11 is 0. The van der Waals surface area contributed by atoms with Crippen molar-refractivity contribution < 1.29 is 4.79 Å². The molecule has 0 saturated heterocycles. The SMILES string of the molecule is NC(=O)C1=NCN=C1N. The van der Waals surface area contributed by atoms with E-state index in [1.807, 2.05) is 0 Å². The van der Waals surface area contributed by atoms with Crippen molar-refractivity contribution >= 4 is 17.5 Å². The van der Waals surface area contributed by atoms with Crippen LogP contribution in [0.1, 0.15) is 0 Å². The predicted molar refractivity (Wildman–Crippen MR) is 33.1 cm³/mol. The molecule has 0 fully saturated rings. The van der Waals surface area contributed by atoms with E-state index in [0.29, 0.717) is 0 Å². The number of nitrogens with two attached hydrogens (primary N) is 2. The van der Waals surface area contributed by atoms with Gasteiger partial charge in [0.05, 0.1) is 0 Å². The van der Waals surface area contributed by atoms with E-state index in [1.165, 1.54) is 0 Å². The molecule has 5 heteroatoms. The monoisotopic (exact) mass is 126 g/mol. The standard InChI is InChI=1S/C4H6N4O/c5-3-2(4(6)9)7-1-8-3/h1H2,(H2,5,8)(H2,6,9). The van der Waals surface area contributed by atoms with E-state index >= 15 is 0 Å². The minimum absolute atomic E-state index is 0.0926. The molecule has 0 radical (unpaired) electrons. The number of primary amides is 1. The predicted octanol–water partition coefficient (Wildman–Crippen LogP) is -1.76. The first kappa shape index (κ1) is 5.74. The smallest absolute Gasteiger partial charge is 0.270 e. The molecule has 4 N–H and O–H groups in total. The van der Waals surface area contributed by atoms with Gasteiger partial charge >= 0.3 is 0 Å². The van der Waals surface area contributed by atoms with Crippen LogP contribution < -0.4 is 11.5 Å². The highest BCUT2D eigenvalue weighted by molar-refractivity contribution is 6.66. The van der Waals surface area contributed by atoms with Crippen LogP contribution in [0.5, 0.6) is 0 Å². The quantitative estimate of drug-likeness (QED) is 0.435. The summed E-state index contributed by atoms with van der Waals surface area (Å²) in [4.78, 5) is 17.6. The summed E-state index contributed by atoms with van der Waals surface area (Å²) in [6.45, 7) is 0.226. The molecule has 1 aliphatic heterocycles. The van der Waals surface area contributed by atoms with Crippen molar-refractivity contribution in [3.8, 4) is 0 Å². The van der Waals surface area contributed by atoms with Crippen molar-refractivity contribution in [2.24, 2.45) is 21.5 Å². The van der Waals surface area contributed by atoms with Crippen LogP contribution in [0.25, 0.3) is 0 Å². The van der Waals surface area contributed by atoms with E-state index < -0.39 is 5.91 Å². The van der Waals surface area contributed by atoms with Gasteiger partial charge in [0.2, 0.25) is 0 Å². The fourth-order valence-corrected chi connectivity index (χ4v) is 0.542. The summed E-state index contributed by atoms with van der Waals surface area (Å²) in [6.07, 6.45) is 0. The molecule has 1 aliphatic rings. The molecule has 0 spiro atoms. The summed E-state index contributed by atoms with van der Waals surface area (Å²) in [5.41, 5.74) is 10.1. The number of hydrogen-bond acceptors (Lipinski definition) is 4. The van der Waals surface area contributed by atoms with Crippen LogP contribution >= 0.6 is 0 Å². The van der Waals surface area contributed by atoms with E-state index in [2.05, 4.69) is 9.98 Å². The summed E-state index contributed by atoms with van der Waals surface area (Å²) < 4.78 is 0. The van der Waals surface area contributed by atoms with E-state index in [0.717, 1.165) is 0 Å². The van der Waals surface area contributed by atoms with Gasteiger partial charge < -0.3 is 11.5 Å². The lowest BCUT2D eigenvalue weighted by Crippen LogP contribution is -2.33. The Morgan fingerprint density at radius 3 is 2.44 bits per heavy atom. The second kappa shape index (κ2) is 1.85. The van der Waals surface area contributed by atoms with Crippen LogP contribution in [0.2, 0.25) is 0 Å². The van der Waals surface area contributed by atoms with Crippen molar-refractivity contribution in [1.29, 1.82) is 0 Å². The van der Waals surface area contributed by atoms with E-state index in [9.17, 15) is 4.79 Å². The summed E-state index contributed by atoms with van der Waals surface area (Å²) in [6, 6.07) is 0. The fraction of sp³-hybridized carbons (Fsp3) is 0.250. The van der Waals surface area contributed by atoms with Crippen LogP contribution in [0.15, 0.2) is 9.98 Å². The molecule has 0 bridgehead atoms. The van der Waals surface area contributed by atoms with Gasteiger partial charge in [0, 0.05) is 0 Å². The molecule has 5 nitrogen and oxygen atoms in total. The summed E-state index contributed by atoms with van der Waals surface area (Å²) in [5, 5.41) is 0. The van der Waals surface area contributed by atoms with Crippen LogP contribution in [0.3, 0.4) is 0 Å². The largest absolute Gasteiger partial charge is 0.382 e. The third-order valence-electron chi connectivity index (χ3n) is 0.946. The first-order chi connectivity index (χ1) is 4.22. The zero-order chi connectivity index (χ0) is 6.85. The topological polar surface area (TPSA) is 93.8 Å². The van der Waals surface area contributed by atoms with E-state index in [1.54, 1.807) is 0 Å². The molecular weight excluding hydrogens is 120 g/mol. The highest BCUT2D eigenvalue weighted by Crippen LogP contribution is 1.89. The lowest BCUT2D eigenvalue weighted by molar-refractivity contribution is -0.111. The molecule has 0 aromatic rings. The van der Waals surface area contributed by atoms with E-state index in [-0.39, 0.29) is 18.2 Å². The van der Waals surface area contributed by atoms with Gasteiger partial charge in [0.1, 0.15) is 6.67 Å². The number of carbonyl (C=O) groups excluding carboxylic acids is 1. The third-order valence-corrected chi connectivity index (χ3v) is 0.946. The number of carbonyl (C=O) groups is 1. The molecule has 1 heterocycles. The van der Waals surface area contributed by atoms with Crippen LogP contribution in [-0.4, -0.2) is 24.1 Å². The van der Waals surface area contributed by atoms with Gasteiger partial charge in [-0.05, 0) is 0 Å². The number of rotatable bonds is 1. The lowest BCUT2D eigenvalue weighted by atomic mass is 10.3. The van der Waals surface area contributed by atoms with Gasteiger partial charge in [-0.3, -0.25) is 9.79 Å². The zero-order valence-corrected chi connectivity index (χ0v) is 4.66. The van der Waals surface area contributed by atoms with Gasteiger partial charge in [-0.15, -0.1) is 0 Å². The Kier molecular flexibility index (Phi) is 1.18. The van der Waals surface area contributed by atoms with Crippen molar-refractivity contribution in [2.45, 2.75) is 0 Å². The number of nitrogens with zero attached hydrogens (tertiary/aromatic N) is 2. The summed E-state index contributed by atoms with van der Waals surface area (Å²) in [7, 11) is 0. The van der Waals surface area contributed by atoms with E-state index in [4.69, 9.17) is 11.5 Å². The van der Waals surface area contributed by atoms with Gasteiger partial charge in [0.25, 0.3) is 5.91 Å². The molecule has 0 unspecified atom stereocenters. The minimum Gasteiger partial charge on any atom is -0.382 e. The maximum Gasteiger partial charge on any atom is 0.270 e. The van der Waals surface area contributed by atoms with Crippen LogP contribution in [0.4, 0.5) is 0 Å². The molecule has 48 valence electrons. The number of amides is 1. The fourth-order valence-electron chi connectivity index (χ4n) is 0.542. The maximum absolute atomic E-state index is 10.3. The molecule has 9 heavy (non-hydrogen) atoms. The molecule has 0 aromatic heterocycles. The molecule has 1 rings (SSSR count). The first-order valence-electron chi connectivity index (χ1n) is 2.36. The summed E-state index contributed by atoms with van der Waals surface area (Å²) in [5.74, 6) is -0.476. The Morgan fingerprint density at radius 2 is 2.22 bits per heavy atom. The number of amidine groups is 1. The van der Waals surface area contributed by atoms with Crippen molar-refractivity contribution in [1.82, 2.24) is 0 Å². The second-order valence-electron chi connectivity index (χ2n) is 1.56. The molecular formula is C4H6N4O. The molecule has 1 amide bonds. The highest BCUT2D eigenvalue weighted by Gasteiger charge is 2.14. The van der Waals surface area contributed by atoms with Crippen molar-refractivity contribution in [3.05, 3.63) is 0 Å². The van der Waals surface area contributed by atoms with Gasteiger partial charge in [-0.1, -0.05) is 0 Å². The maximum atomic E-state index is 10.3. The Morgan fingerprint density at radius 1 is 1.56 bits per heavy atom. The lowest BCUT2D eigenvalue weighted by Gasteiger charge is -1.89. The molecule has 0 aliphatic carbocycles. The van der Waals surface area contributed by atoms with Gasteiger partial charge in [-0.25, -0.2) is 4.99 Å². The minimum atomic E-state index is -0.617. The van der Waals surface area contributed by atoms with Crippen molar-refractivity contribution in [3.63, 3.8) is 0 Å². The Labute approximate surface area is 51.5 Å². The van der Waals surface area contributed by atoms with Crippen LogP contribution in [0, 0.1) is 0 Å². The van der Waals surface area contributed by atoms with Crippen LogP contribution in [-0.2, 0) is 4.79 Å². The molecule has 0 atom stereocenters. The zero-order valence-electron chi connectivity index (χ0n) is 4.66. The Balaban J connectivity index is 2.84. The average molecular weight is 126 g/mol. The number of aliphatic imine (C=N–C) groups is 2. The van der Waals surface area contributed by atoms with Crippen molar-refractivity contribution in [2.75, 3.05) is 6.67 Å². The number of hydrogen-bond donors (Lipinski definition) is 2. The normalized spacial score (nSPS) is 16.9.